The van der Waals surface area contributed by atoms with Crippen molar-refractivity contribution in [3.8, 4) is 0 Å². The smallest absolute Gasteiger partial charge is 0.220 e. The first-order chi connectivity index (χ1) is 25.0. The Morgan fingerprint density at radius 3 is 2.58 bits per heavy atom. The molecule has 2 spiro atoms. The average molecular weight is 714 g/mol. The molecule has 2 unspecified atom stereocenters. The Labute approximate surface area is 313 Å². The van der Waals surface area contributed by atoms with Crippen LogP contribution < -0.4 is 10.6 Å². The number of hydrogen-bond donors (Lipinski definition) is 3. The van der Waals surface area contributed by atoms with Crippen LogP contribution in [0.1, 0.15) is 123 Å². The maximum atomic E-state index is 12.8. The minimum atomic E-state index is -0.144. The number of rotatable bonds is 12. The summed E-state index contributed by atoms with van der Waals surface area (Å²) in [7, 11) is 0. The fourth-order valence-electron chi connectivity index (χ4n) is 13.9. The molecule has 0 aromatic heterocycles. The summed E-state index contributed by atoms with van der Waals surface area (Å²) in [5.74, 6) is 3.72. The van der Waals surface area contributed by atoms with Crippen molar-refractivity contribution in [3.63, 3.8) is 0 Å². The number of benzene rings is 1. The van der Waals surface area contributed by atoms with Gasteiger partial charge in [0.05, 0.1) is 17.8 Å². The fraction of sp³-hybridized carbons (Fsp3) is 0.778. The topological polar surface area (TPSA) is 90.9 Å². The number of allylic oxidation sites excluding steroid dienone is 1. The van der Waals surface area contributed by atoms with E-state index in [-0.39, 0.29) is 40.5 Å². The van der Waals surface area contributed by atoms with Crippen LogP contribution in [0, 0.1) is 45.8 Å². The number of carbonyl (C=O) groups excluding carboxylic acids is 2. The van der Waals surface area contributed by atoms with E-state index in [1.165, 1.54) is 37.7 Å². The maximum absolute atomic E-state index is 12.8. The zero-order chi connectivity index (χ0) is 36.3. The normalized spacial score (nSPS) is 43.1. The SMILES string of the molecule is C[C@H]1C[C@H]2O[C@]3(CC[C@H]4[C@@H]5CC=C6C[C@@H](O)CC[C@]6(C)[C@H]5CC45CC53C)[C@H](C)[C@@H]2N(CCNC(=O)CCCCCNC(=O)CCc2ccccc2)C1. The van der Waals surface area contributed by atoms with Crippen molar-refractivity contribution in [2.45, 2.75) is 148 Å². The molecule has 7 heteroatoms. The van der Waals surface area contributed by atoms with Gasteiger partial charge in [0.2, 0.25) is 11.8 Å². The summed E-state index contributed by atoms with van der Waals surface area (Å²) in [6, 6.07) is 10.6. The van der Waals surface area contributed by atoms with Gasteiger partial charge in [-0.25, -0.2) is 0 Å². The Kier molecular flexibility index (Phi) is 9.98. The van der Waals surface area contributed by atoms with Gasteiger partial charge in [-0.05, 0) is 117 Å². The van der Waals surface area contributed by atoms with Crippen LogP contribution in [-0.2, 0) is 20.7 Å². The molecule has 4 saturated carbocycles. The van der Waals surface area contributed by atoms with Crippen molar-refractivity contribution in [1.82, 2.24) is 15.5 Å². The second kappa shape index (κ2) is 14.1. The molecule has 2 amide bonds. The molecule has 52 heavy (non-hydrogen) atoms. The summed E-state index contributed by atoms with van der Waals surface area (Å²) >= 11 is 0. The second-order valence-corrected chi connectivity index (χ2v) is 19.2. The van der Waals surface area contributed by atoms with Crippen LogP contribution in [-0.4, -0.2) is 71.9 Å². The lowest BCUT2D eigenvalue weighted by molar-refractivity contribution is -0.148. The predicted octanol–water partition coefficient (Wildman–Crippen LogP) is 7.22. The third-order valence-corrected chi connectivity index (χ3v) is 16.6. The molecule has 2 saturated heterocycles. The van der Waals surface area contributed by atoms with Crippen molar-refractivity contribution in [3.05, 3.63) is 47.5 Å². The number of nitrogens with one attached hydrogen (secondary N) is 2. The number of likely N-dealkylation sites (tertiary alicyclic amines) is 1. The Morgan fingerprint density at radius 2 is 1.75 bits per heavy atom. The molecule has 8 rings (SSSR count). The summed E-state index contributed by atoms with van der Waals surface area (Å²) in [6.07, 6.45) is 17.9. The number of hydrogen-bond acceptors (Lipinski definition) is 5. The van der Waals surface area contributed by atoms with E-state index in [4.69, 9.17) is 4.74 Å². The summed E-state index contributed by atoms with van der Waals surface area (Å²) in [4.78, 5) is 27.7. The first-order valence-corrected chi connectivity index (χ1v) is 21.4. The highest BCUT2D eigenvalue weighted by Crippen LogP contribution is 2.87. The van der Waals surface area contributed by atoms with Crippen molar-refractivity contribution < 1.29 is 19.4 Å². The van der Waals surface area contributed by atoms with E-state index in [1.807, 2.05) is 18.2 Å². The Morgan fingerprint density at radius 1 is 0.962 bits per heavy atom. The van der Waals surface area contributed by atoms with Gasteiger partial charge in [-0.15, -0.1) is 0 Å². The van der Waals surface area contributed by atoms with Crippen LogP contribution in [0.25, 0.3) is 0 Å². The first kappa shape index (κ1) is 36.7. The third-order valence-electron chi connectivity index (χ3n) is 16.6. The van der Waals surface area contributed by atoms with Gasteiger partial charge >= 0.3 is 0 Å². The summed E-state index contributed by atoms with van der Waals surface area (Å²) < 4.78 is 7.53. The van der Waals surface area contributed by atoms with Gasteiger partial charge in [0.1, 0.15) is 0 Å². The van der Waals surface area contributed by atoms with Crippen LogP contribution in [0.3, 0.4) is 0 Å². The molecular weight excluding hydrogens is 647 g/mol. The molecule has 2 heterocycles. The number of amides is 2. The number of fused-ring (bicyclic) bond motifs is 6. The minimum Gasteiger partial charge on any atom is -0.393 e. The zero-order valence-corrected chi connectivity index (χ0v) is 32.6. The summed E-state index contributed by atoms with van der Waals surface area (Å²) in [5, 5.41) is 16.8. The Bertz CT molecular complexity index is 1510. The van der Waals surface area contributed by atoms with E-state index in [0.717, 1.165) is 82.2 Å². The third kappa shape index (κ3) is 6.11. The van der Waals surface area contributed by atoms with Gasteiger partial charge in [0.15, 0.2) is 0 Å². The van der Waals surface area contributed by atoms with Gasteiger partial charge in [-0.2, -0.15) is 0 Å². The monoisotopic (exact) mass is 714 g/mol. The van der Waals surface area contributed by atoms with Gasteiger partial charge < -0.3 is 20.5 Å². The van der Waals surface area contributed by atoms with Crippen LogP contribution in [0.4, 0.5) is 0 Å². The van der Waals surface area contributed by atoms with Crippen LogP contribution in [0.2, 0.25) is 0 Å². The van der Waals surface area contributed by atoms with Crippen molar-refractivity contribution in [2.24, 2.45) is 45.8 Å². The van der Waals surface area contributed by atoms with Gasteiger partial charge in [-0.3, -0.25) is 14.5 Å². The highest BCUT2D eigenvalue weighted by atomic mass is 16.5. The standard InChI is InChI=1S/C45H67N3O4/c1-30-25-38-41(48(28-30)24-23-47-39(50)13-9-6-10-22-46-40(51)17-14-32-11-7-5-8-12-32)31(2)45(52-38)21-19-36-35-16-15-33-26-34(49)18-20-42(33,3)37(35)27-44(36)29-43(44,45)4/h5,7-8,11-12,15,30-31,34-38,41,49H,6,9-10,13-14,16-29H2,1-4H3,(H,46,51)(H,47,50)/t30-,31+,34-,35-,36-,37-,38+,41-,42-,43?,44?,45+/m0/s1. The summed E-state index contributed by atoms with van der Waals surface area (Å²) in [5.41, 5.74) is 3.66. The highest BCUT2D eigenvalue weighted by Gasteiger charge is 2.84. The predicted molar refractivity (Wildman–Crippen MR) is 205 cm³/mol. The number of aliphatic hydroxyl groups is 1. The number of nitrogens with zero attached hydrogens (tertiary/aromatic N) is 1. The molecule has 5 aliphatic carbocycles. The van der Waals surface area contributed by atoms with E-state index in [1.54, 1.807) is 5.57 Å². The van der Waals surface area contributed by atoms with E-state index < -0.39 is 0 Å². The summed E-state index contributed by atoms with van der Waals surface area (Å²) in [6.45, 7) is 13.5. The maximum Gasteiger partial charge on any atom is 0.220 e. The molecular formula is C45H67N3O4. The number of piperidine rings is 1. The van der Waals surface area contributed by atoms with E-state index in [0.29, 0.717) is 49.2 Å². The molecule has 12 atom stereocenters. The Hall–Kier alpha value is -2.22. The number of aliphatic hydroxyl groups excluding tert-OH is 1. The molecule has 286 valence electrons. The van der Waals surface area contributed by atoms with E-state index >= 15 is 0 Å². The molecule has 1 aromatic carbocycles. The van der Waals surface area contributed by atoms with Gasteiger partial charge in [-0.1, -0.05) is 76.1 Å². The molecule has 0 bridgehead atoms. The lowest BCUT2D eigenvalue weighted by Crippen LogP contribution is -2.55. The lowest BCUT2D eigenvalue weighted by atomic mass is 9.56. The van der Waals surface area contributed by atoms with Crippen molar-refractivity contribution in [1.29, 1.82) is 0 Å². The van der Waals surface area contributed by atoms with Gasteiger partial charge in [0, 0.05) is 56.4 Å². The zero-order valence-electron chi connectivity index (χ0n) is 32.6. The first-order valence-electron chi connectivity index (χ1n) is 21.4. The molecule has 1 aromatic rings. The van der Waals surface area contributed by atoms with Crippen molar-refractivity contribution >= 4 is 11.8 Å². The average Bonchev–Trinajstić information content (AvgIpc) is 3.47. The molecule has 0 radical (unpaired) electrons. The molecule has 2 aliphatic heterocycles. The number of unbranched alkanes of at least 4 members (excludes halogenated alkanes) is 2. The number of carbonyl (C=O) groups is 2. The van der Waals surface area contributed by atoms with E-state index in [9.17, 15) is 14.7 Å². The number of ether oxygens (including phenoxy) is 1. The Balaban J connectivity index is 0.812. The molecule has 3 N–H and O–H groups in total. The highest BCUT2D eigenvalue weighted by molar-refractivity contribution is 5.76. The molecule has 7 aliphatic rings. The minimum absolute atomic E-state index is 0.0425. The lowest BCUT2D eigenvalue weighted by Gasteiger charge is -2.50. The second-order valence-electron chi connectivity index (χ2n) is 19.2. The van der Waals surface area contributed by atoms with Gasteiger partial charge in [0.25, 0.3) is 0 Å². The van der Waals surface area contributed by atoms with Crippen molar-refractivity contribution in [2.75, 3.05) is 26.2 Å². The molecule has 7 nitrogen and oxygen atoms in total. The fourth-order valence-corrected chi connectivity index (χ4v) is 13.9. The number of aryl methyl sites for hydroxylation is 1. The van der Waals surface area contributed by atoms with Crippen LogP contribution in [0.15, 0.2) is 42.0 Å². The largest absolute Gasteiger partial charge is 0.393 e. The quantitative estimate of drug-likeness (QED) is 0.157. The van der Waals surface area contributed by atoms with Crippen LogP contribution in [0.5, 0.6) is 0 Å². The van der Waals surface area contributed by atoms with Crippen LogP contribution >= 0.6 is 0 Å². The van der Waals surface area contributed by atoms with E-state index in [2.05, 4.69) is 61.4 Å². The molecule has 6 fully saturated rings.